The monoisotopic (exact) mass is 431 g/mol. The first-order valence-corrected chi connectivity index (χ1v) is 9.57. The van der Waals surface area contributed by atoms with Crippen LogP contribution in [0.2, 0.25) is 0 Å². The minimum atomic E-state index is -0.953. The molecule has 142 valence electrons. The molecule has 1 fully saturated rings. The second-order valence-electron chi connectivity index (χ2n) is 7.11. The molecule has 1 heterocycles. The molecule has 1 N–H and O–H groups in total. The Morgan fingerprint density at radius 3 is 2.59 bits per heavy atom. The third-order valence-electron chi connectivity index (χ3n) is 4.83. The molecular weight excluding hydrogens is 410 g/mol. The van der Waals surface area contributed by atoms with Crippen molar-refractivity contribution in [3.63, 3.8) is 0 Å². The third kappa shape index (κ3) is 4.22. The van der Waals surface area contributed by atoms with E-state index in [1.165, 1.54) is 0 Å². The van der Waals surface area contributed by atoms with E-state index in [-0.39, 0.29) is 31.4 Å². The third-order valence-corrected chi connectivity index (χ3v) is 5.36. The minimum absolute atomic E-state index is 0.00944. The molecule has 1 aliphatic heterocycles. The van der Waals surface area contributed by atoms with E-state index < -0.39 is 11.5 Å². The largest absolute Gasteiger partial charge is 0.491 e. The van der Waals surface area contributed by atoms with E-state index in [0.717, 1.165) is 20.5 Å². The van der Waals surface area contributed by atoms with Crippen molar-refractivity contribution < 1.29 is 19.4 Å². The number of ether oxygens (including phenoxy) is 1. The number of imide groups is 1. The molecule has 0 spiro atoms. The molecule has 27 heavy (non-hydrogen) atoms. The molecule has 3 rings (SSSR count). The standard InChI is InChI=1S/C21H22BrNO4/c1-14-4-3-5-18(10-14)27-13-17(24)12-23-19(25)11-21(2,20(23)26)15-6-8-16(22)9-7-15/h3-10,17,24H,11-13H2,1-2H3. The topological polar surface area (TPSA) is 66.8 Å². The van der Waals surface area contributed by atoms with Gasteiger partial charge in [-0.2, -0.15) is 0 Å². The van der Waals surface area contributed by atoms with E-state index in [1.54, 1.807) is 13.0 Å². The summed E-state index contributed by atoms with van der Waals surface area (Å²) in [6.45, 7) is 3.66. The molecule has 2 aromatic carbocycles. The van der Waals surface area contributed by atoms with Crippen LogP contribution in [0.1, 0.15) is 24.5 Å². The van der Waals surface area contributed by atoms with Gasteiger partial charge in [0.2, 0.25) is 11.8 Å². The van der Waals surface area contributed by atoms with Gasteiger partial charge in [0.1, 0.15) is 18.5 Å². The molecule has 1 saturated heterocycles. The van der Waals surface area contributed by atoms with Gasteiger partial charge in [0.05, 0.1) is 12.0 Å². The molecule has 6 heteroatoms. The number of aliphatic hydroxyl groups is 1. The molecule has 0 aromatic heterocycles. The number of carbonyl (C=O) groups is 2. The predicted octanol–water partition coefficient (Wildman–Crippen LogP) is 3.21. The van der Waals surface area contributed by atoms with Crippen LogP contribution in [0.4, 0.5) is 0 Å². The van der Waals surface area contributed by atoms with Crippen LogP contribution < -0.4 is 4.74 Å². The first-order valence-electron chi connectivity index (χ1n) is 8.78. The van der Waals surface area contributed by atoms with Gasteiger partial charge in [-0.05, 0) is 49.2 Å². The van der Waals surface area contributed by atoms with Crippen molar-refractivity contribution in [2.75, 3.05) is 13.2 Å². The molecule has 0 saturated carbocycles. The van der Waals surface area contributed by atoms with E-state index in [9.17, 15) is 14.7 Å². The average Bonchev–Trinajstić information content (AvgIpc) is 2.85. The fourth-order valence-electron chi connectivity index (χ4n) is 3.27. The lowest BCUT2D eigenvalue weighted by Gasteiger charge is -2.24. The highest BCUT2D eigenvalue weighted by Gasteiger charge is 2.49. The van der Waals surface area contributed by atoms with Gasteiger partial charge in [0, 0.05) is 10.9 Å². The van der Waals surface area contributed by atoms with Crippen LogP contribution in [0.3, 0.4) is 0 Å². The minimum Gasteiger partial charge on any atom is -0.491 e. The summed E-state index contributed by atoms with van der Waals surface area (Å²) < 4.78 is 6.48. The summed E-state index contributed by atoms with van der Waals surface area (Å²) in [6.07, 6.45) is -0.857. The van der Waals surface area contributed by atoms with Gasteiger partial charge in [-0.3, -0.25) is 14.5 Å². The molecule has 2 aromatic rings. The lowest BCUT2D eigenvalue weighted by molar-refractivity contribution is -0.141. The maximum Gasteiger partial charge on any atom is 0.240 e. The van der Waals surface area contributed by atoms with Gasteiger partial charge in [0.25, 0.3) is 0 Å². The zero-order chi connectivity index (χ0) is 19.6. The highest BCUT2D eigenvalue weighted by molar-refractivity contribution is 9.10. The highest BCUT2D eigenvalue weighted by atomic mass is 79.9. The number of benzene rings is 2. The SMILES string of the molecule is Cc1cccc(OCC(O)CN2C(=O)CC(C)(c3ccc(Br)cc3)C2=O)c1. The van der Waals surface area contributed by atoms with E-state index in [1.807, 2.05) is 49.4 Å². The van der Waals surface area contributed by atoms with Gasteiger partial charge in [-0.1, -0.05) is 40.2 Å². The van der Waals surface area contributed by atoms with Crippen molar-refractivity contribution in [3.8, 4) is 5.75 Å². The quantitative estimate of drug-likeness (QED) is 0.712. The van der Waals surface area contributed by atoms with Gasteiger partial charge < -0.3 is 9.84 Å². The Balaban J connectivity index is 1.65. The lowest BCUT2D eigenvalue weighted by Crippen LogP contribution is -2.42. The summed E-state index contributed by atoms with van der Waals surface area (Å²) >= 11 is 3.37. The molecule has 0 bridgehead atoms. The summed E-state index contributed by atoms with van der Waals surface area (Å²) in [5.74, 6) is 0.0808. The second kappa shape index (κ2) is 7.82. The van der Waals surface area contributed by atoms with Gasteiger partial charge >= 0.3 is 0 Å². The van der Waals surface area contributed by atoms with Crippen LogP contribution in [0, 0.1) is 6.92 Å². The molecular formula is C21H22BrNO4. The van der Waals surface area contributed by atoms with Crippen molar-refractivity contribution in [2.45, 2.75) is 31.8 Å². The Hall–Kier alpha value is -2.18. The summed E-state index contributed by atoms with van der Waals surface area (Å²) in [7, 11) is 0. The zero-order valence-electron chi connectivity index (χ0n) is 15.3. The Labute approximate surface area is 167 Å². The van der Waals surface area contributed by atoms with Crippen molar-refractivity contribution in [2.24, 2.45) is 0 Å². The molecule has 0 aliphatic carbocycles. The van der Waals surface area contributed by atoms with Crippen molar-refractivity contribution in [3.05, 3.63) is 64.1 Å². The van der Waals surface area contributed by atoms with Crippen molar-refractivity contribution >= 4 is 27.7 Å². The van der Waals surface area contributed by atoms with E-state index in [0.29, 0.717) is 5.75 Å². The Kier molecular flexibility index (Phi) is 5.67. The van der Waals surface area contributed by atoms with Gasteiger partial charge in [0.15, 0.2) is 0 Å². The number of nitrogens with zero attached hydrogens (tertiary/aromatic N) is 1. The van der Waals surface area contributed by atoms with Crippen molar-refractivity contribution in [1.82, 2.24) is 4.90 Å². The fraction of sp³-hybridized carbons (Fsp3) is 0.333. The van der Waals surface area contributed by atoms with E-state index in [4.69, 9.17) is 4.74 Å². The van der Waals surface area contributed by atoms with E-state index in [2.05, 4.69) is 15.9 Å². The number of β-amino-alcohol motifs (C(OH)–C–C–N with tert-alkyl or cyclic N) is 1. The van der Waals surface area contributed by atoms with E-state index >= 15 is 0 Å². The number of amides is 2. The molecule has 2 amide bonds. The number of hydrogen-bond donors (Lipinski definition) is 1. The molecule has 0 radical (unpaired) electrons. The maximum atomic E-state index is 12.9. The Bertz CT molecular complexity index is 852. The normalized spacial score (nSPS) is 20.8. The first kappa shape index (κ1) is 19.6. The average molecular weight is 432 g/mol. The Morgan fingerprint density at radius 2 is 1.93 bits per heavy atom. The summed E-state index contributed by atoms with van der Waals surface area (Å²) in [5, 5.41) is 10.3. The number of rotatable bonds is 6. The predicted molar refractivity (Wildman–Crippen MR) is 106 cm³/mol. The van der Waals surface area contributed by atoms with Crippen LogP contribution in [0.15, 0.2) is 53.0 Å². The van der Waals surface area contributed by atoms with Crippen LogP contribution >= 0.6 is 15.9 Å². The zero-order valence-corrected chi connectivity index (χ0v) is 16.9. The summed E-state index contributed by atoms with van der Waals surface area (Å²) in [4.78, 5) is 26.5. The van der Waals surface area contributed by atoms with Crippen LogP contribution in [-0.4, -0.2) is 41.1 Å². The fourth-order valence-corrected chi connectivity index (χ4v) is 3.54. The van der Waals surface area contributed by atoms with Gasteiger partial charge in [-0.25, -0.2) is 0 Å². The lowest BCUT2D eigenvalue weighted by atomic mass is 9.81. The number of likely N-dealkylation sites (tertiary alicyclic amines) is 1. The molecule has 1 aliphatic rings. The number of hydrogen-bond acceptors (Lipinski definition) is 4. The number of carbonyl (C=O) groups excluding carboxylic acids is 2. The summed E-state index contributed by atoms with van der Waals surface area (Å²) in [6, 6.07) is 14.9. The highest BCUT2D eigenvalue weighted by Crippen LogP contribution is 2.36. The van der Waals surface area contributed by atoms with Gasteiger partial charge in [-0.15, -0.1) is 0 Å². The molecule has 2 atom stereocenters. The smallest absolute Gasteiger partial charge is 0.240 e. The number of halogens is 1. The maximum absolute atomic E-state index is 12.9. The number of aliphatic hydroxyl groups excluding tert-OH is 1. The van der Waals surface area contributed by atoms with Crippen LogP contribution in [0.5, 0.6) is 5.75 Å². The van der Waals surface area contributed by atoms with Crippen LogP contribution in [0.25, 0.3) is 0 Å². The summed E-state index contributed by atoms with van der Waals surface area (Å²) in [5.41, 5.74) is 0.934. The van der Waals surface area contributed by atoms with Crippen LogP contribution in [-0.2, 0) is 15.0 Å². The number of aryl methyl sites for hydroxylation is 1. The molecule has 5 nitrogen and oxygen atoms in total. The van der Waals surface area contributed by atoms with Crippen molar-refractivity contribution in [1.29, 1.82) is 0 Å². The Morgan fingerprint density at radius 1 is 1.22 bits per heavy atom. The molecule has 2 unspecified atom stereocenters. The second-order valence-corrected chi connectivity index (χ2v) is 8.02. The first-order chi connectivity index (χ1) is 12.8.